The molecule has 2 rings (SSSR count). The lowest BCUT2D eigenvalue weighted by Gasteiger charge is -2.00. The summed E-state index contributed by atoms with van der Waals surface area (Å²) in [5, 5.41) is 12.7. The number of aromatic hydroxyl groups is 1. The Kier molecular flexibility index (Phi) is 2.02. The first-order chi connectivity index (χ1) is 5.70. The summed E-state index contributed by atoms with van der Waals surface area (Å²) in [5.41, 5.74) is 0. The van der Waals surface area contributed by atoms with Crippen molar-refractivity contribution in [3.05, 3.63) is 27.0 Å². The lowest BCUT2D eigenvalue weighted by Crippen LogP contribution is -1.72. The maximum atomic E-state index is 9.45. The van der Waals surface area contributed by atoms with Gasteiger partial charge in [-0.2, -0.15) is 0 Å². The van der Waals surface area contributed by atoms with E-state index in [2.05, 4.69) is 15.9 Å². The van der Waals surface area contributed by atoms with Crippen LogP contribution in [0, 0.1) is 0 Å². The van der Waals surface area contributed by atoms with E-state index in [1.54, 1.807) is 11.3 Å². The van der Waals surface area contributed by atoms with Gasteiger partial charge in [0.25, 0.3) is 0 Å². The van der Waals surface area contributed by atoms with Crippen LogP contribution < -0.4 is 0 Å². The van der Waals surface area contributed by atoms with Crippen molar-refractivity contribution >= 4 is 49.0 Å². The Morgan fingerprint density at radius 2 is 2.25 bits per heavy atom. The van der Waals surface area contributed by atoms with Crippen LogP contribution >= 0.6 is 38.9 Å². The van der Waals surface area contributed by atoms with Gasteiger partial charge in [0.1, 0.15) is 5.75 Å². The van der Waals surface area contributed by atoms with Gasteiger partial charge in [-0.15, -0.1) is 11.3 Å². The quantitative estimate of drug-likeness (QED) is 0.761. The van der Waals surface area contributed by atoms with Gasteiger partial charge >= 0.3 is 0 Å². The fourth-order valence-electron chi connectivity index (χ4n) is 1.03. The van der Waals surface area contributed by atoms with Crippen LogP contribution in [0.2, 0.25) is 5.02 Å². The number of phenols is 1. The van der Waals surface area contributed by atoms with Crippen molar-refractivity contribution < 1.29 is 5.11 Å². The van der Waals surface area contributed by atoms with E-state index in [0.717, 1.165) is 10.1 Å². The van der Waals surface area contributed by atoms with Gasteiger partial charge in [-0.1, -0.05) is 11.6 Å². The average molecular weight is 264 g/mol. The molecule has 0 amide bonds. The van der Waals surface area contributed by atoms with Crippen LogP contribution in [0.25, 0.3) is 10.1 Å². The first-order valence-electron chi connectivity index (χ1n) is 3.24. The molecular weight excluding hydrogens is 260 g/mol. The molecule has 0 aliphatic heterocycles. The van der Waals surface area contributed by atoms with Gasteiger partial charge in [-0.05, 0) is 33.4 Å². The number of hydrogen-bond acceptors (Lipinski definition) is 2. The molecule has 0 radical (unpaired) electrons. The van der Waals surface area contributed by atoms with Crippen LogP contribution in [0.5, 0.6) is 5.75 Å². The topological polar surface area (TPSA) is 20.2 Å². The number of thiophene rings is 1. The van der Waals surface area contributed by atoms with E-state index >= 15 is 0 Å². The SMILES string of the molecule is Oc1c(Br)cc2sccc2c1Cl. The van der Waals surface area contributed by atoms with Gasteiger partial charge in [0, 0.05) is 10.1 Å². The molecule has 4 heteroatoms. The third-order valence-electron chi connectivity index (χ3n) is 1.62. The smallest absolute Gasteiger partial charge is 0.149 e. The molecule has 1 aromatic heterocycles. The van der Waals surface area contributed by atoms with Gasteiger partial charge in [0.15, 0.2) is 0 Å². The normalized spacial score (nSPS) is 10.8. The van der Waals surface area contributed by atoms with Crippen molar-refractivity contribution in [1.82, 2.24) is 0 Å². The summed E-state index contributed by atoms with van der Waals surface area (Å²) in [4.78, 5) is 0. The molecule has 0 saturated heterocycles. The molecule has 0 atom stereocenters. The zero-order valence-electron chi connectivity index (χ0n) is 5.84. The summed E-state index contributed by atoms with van der Waals surface area (Å²) in [6.45, 7) is 0. The summed E-state index contributed by atoms with van der Waals surface area (Å²) >= 11 is 10.7. The number of fused-ring (bicyclic) bond motifs is 1. The molecule has 0 saturated carbocycles. The summed E-state index contributed by atoms with van der Waals surface area (Å²) in [7, 11) is 0. The highest BCUT2D eigenvalue weighted by molar-refractivity contribution is 9.10. The Hall–Kier alpha value is -0.250. The Bertz CT molecular complexity index is 438. The molecule has 0 fully saturated rings. The summed E-state index contributed by atoms with van der Waals surface area (Å²) in [6.07, 6.45) is 0. The highest BCUT2D eigenvalue weighted by Gasteiger charge is 2.09. The van der Waals surface area contributed by atoms with Crippen LogP contribution in [-0.2, 0) is 0 Å². The van der Waals surface area contributed by atoms with E-state index in [9.17, 15) is 5.11 Å². The number of hydrogen-bond donors (Lipinski definition) is 1. The minimum Gasteiger partial charge on any atom is -0.505 e. The molecule has 0 spiro atoms. The second-order valence-electron chi connectivity index (χ2n) is 2.35. The Morgan fingerprint density at radius 1 is 1.50 bits per heavy atom. The molecule has 62 valence electrons. The van der Waals surface area contributed by atoms with E-state index < -0.39 is 0 Å². The minimum atomic E-state index is 0.113. The number of benzene rings is 1. The molecule has 1 N–H and O–H groups in total. The molecule has 0 unspecified atom stereocenters. The lowest BCUT2D eigenvalue weighted by molar-refractivity contribution is 0.473. The largest absolute Gasteiger partial charge is 0.505 e. The van der Waals surface area contributed by atoms with Gasteiger partial charge in [0.05, 0.1) is 9.50 Å². The van der Waals surface area contributed by atoms with Crippen LogP contribution in [-0.4, -0.2) is 5.11 Å². The lowest BCUT2D eigenvalue weighted by atomic mass is 10.2. The van der Waals surface area contributed by atoms with Gasteiger partial charge in [-0.3, -0.25) is 0 Å². The fraction of sp³-hybridized carbons (Fsp3) is 0. The maximum absolute atomic E-state index is 9.45. The summed E-state index contributed by atoms with van der Waals surface area (Å²) in [6, 6.07) is 3.76. The molecule has 1 aromatic carbocycles. The van der Waals surface area contributed by atoms with Crippen molar-refractivity contribution in [2.75, 3.05) is 0 Å². The van der Waals surface area contributed by atoms with Crippen molar-refractivity contribution in [2.45, 2.75) is 0 Å². The third-order valence-corrected chi connectivity index (χ3v) is 3.47. The minimum absolute atomic E-state index is 0.113. The first kappa shape index (κ1) is 8.35. The van der Waals surface area contributed by atoms with E-state index in [1.165, 1.54) is 0 Å². The number of rotatable bonds is 0. The van der Waals surface area contributed by atoms with Crippen molar-refractivity contribution in [3.8, 4) is 5.75 Å². The van der Waals surface area contributed by atoms with Crippen LogP contribution in [0.3, 0.4) is 0 Å². The van der Waals surface area contributed by atoms with Crippen molar-refractivity contribution in [2.24, 2.45) is 0 Å². The maximum Gasteiger partial charge on any atom is 0.149 e. The van der Waals surface area contributed by atoms with Gasteiger partial charge in [0.2, 0.25) is 0 Å². The summed E-state index contributed by atoms with van der Waals surface area (Å²) in [5.74, 6) is 0.113. The molecular formula is C8H4BrClOS. The van der Waals surface area contributed by atoms with Crippen LogP contribution in [0.1, 0.15) is 0 Å². The highest BCUT2D eigenvalue weighted by atomic mass is 79.9. The molecule has 1 heterocycles. The molecule has 1 nitrogen and oxygen atoms in total. The molecule has 12 heavy (non-hydrogen) atoms. The van der Waals surface area contributed by atoms with E-state index in [1.807, 2.05) is 17.5 Å². The predicted molar refractivity (Wildman–Crippen MR) is 56.2 cm³/mol. The van der Waals surface area contributed by atoms with Crippen molar-refractivity contribution in [3.63, 3.8) is 0 Å². The van der Waals surface area contributed by atoms with E-state index in [0.29, 0.717) is 9.50 Å². The molecule has 0 aliphatic carbocycles. The van der Waals surface area contributed by atoms with Crippen LogP contribution in [0.4, 0.5) is 0 Å². The van der Waals surface area contributed by atoms with E-state index in [-0.39, 0.29) is 5.75 Å². The number of halogens is 2. The Labute approximate surface area is 86.7 Å². The van der Waals surface area contributed by atoms with Gasteiger partial charge < -0.3 is 5.11 Å². The molecule has 2 aromatic rings. The summed E-state index contributed by atoms with van der Waals surface area (Å²) < 4.78 is 1.71. The standard InChI is InChI=1S/C8H4BrClOS/c9-5-3-6-4(1-2-12-6)7(10)8(5)11/h1-3,11H. The Balaban J connectivity index is 2.94. The van der Waals surface area contributed by atoms with Crippen molar-refractivity contribution in [1.29, 1.82) is 0 Å². The average Bonchev–Trinajstić information content (AvgIpc) is 2.48. The second kappa shape index (κ2) is 2.91. The first-order valence-corrected chi connectivity index (χ1v) is 5.29. The fourth-order valence-corrected chi connectivity index (χ4v) is 2.88. The monoisotopic (exact) mass is 262 g/mol. The van der Waals surface area contributed by atoms with Crippen LogP contribution in [0.15, 0.2) is 22.0 Å². The molecule has 0 bridgehead atoms. The Morgan fingerprint density at radius 3 is 3.00 bits per heavy atom. The predicted octanol–water partition coefficient (Wildman–Crippen LogP) is 4.02. The molecule has 0 aliphatic rings. The number of phenolic OH excluding ortho intramolecular Hbond substituents is 1. The van der Waals surface area contributed by atoms with Gasteiger partial charge in [-0.25, -0.2) is 0 Å². The highest BCUT2D eigenvalue weighted by Crippen LogP contribution is 2.40. The zero-order chi connectivity index (χ0) is 8.72. The third kappa shape index (κ3) is 1.13. The zero-order valence-corrected chi connectivity index (χ0v) is 9.00. The van der Waals surface area contributed by atoms with E-state index in [4.69, 9.17) is 11.6 Å². The second-order valence-corrected chi connectivity index (χ2v) is 4.53.